The summed E-state index contributed by atoms with van der Waals surface area (Å²) in [5, 5.41) is 3.14. The van der Waals surface area contributed by atoms with Crippen molar-refractivity contribution >= 4 is 27.5 Å². The van der Waals surface area contributed by atoms with Gasteiger partial charge in [0.1, 0.15) is 12.6 Å². The average Bonchev–Trinajstić information content (AvgIpc) is 2.95. The van der Waals surface area contributed by atoms with Crippen LogP contribution in [0.5, 0.6) is 0 Å². The Bertz CT molecular complexity index is 1420. The summed E-state index contributed by atoms with van der Waals surface area (Å²) >= 11 is 0. The van der Waals surface area contributed by atoms with Crippen LogP contribution in [-0.2, 0) is 26.2 Å². The first kappa shape index (κ1) is 29.3. The summed E-state index contributed by atoms with van der Waals surface area (Å²) in [6.45, 7) is 5.26. The zero-order valence-electron chi connectivity index (χ0n) is 23.5. The summed E-state index contributed by atoms with van der Waals surface area (Å²) in [5.74, 6) is -0.670. The largest absolute Gasteiger partial charge is 0.352 e. The molecule has 0 bridgehead atoms. The van der Waals surface area contributed by atoms with E-state index >= 15 is 0 Å². The van der Waals surface area contributed by atoms with Crippen LogP contribution in [0, 0.1) is 13.8 Å². The molecule has 212 valence electrons. The smallest absolute Gasteiger partial charge is 0.264 e. The minimum atomic E-state index is -4.07. The Kier molecular flexibility index (Phi) is 9.63. The molecule has 7 nitrogen and oxygen atoms in total. The predicted octanol–water partition coefficient (Wildman–Crippen LogP) is 5.36. The van der Waals surface area contributed by atoms with Crippen LogP contribution >= 0.6 is 0 Å². The highest BCUT2D eigenvalue weighted by Gasteiger charge is 2.33. The van der Waals surface area contributed by atoms with Crippen molar-refractivity contribution in [2.75, 3.05) is 10.8 Å². The van der Waals surface area contributed by atoms with Crippen molar-refractivity contribution in [3.63, 3.8) is 0 Å². The van der Waals surface area contributed by atoms with Crippen molar-refractivity contribution in [3.8, 4) is 0 Å². The summed E-state index contributed by atoms with van der Waals surface area (Å²) in [4.78, 5) is 29.1. The van der Waals surface area contributed by atoms with Crippen LogP contribution in [0.3, 0.4) is 0 Å². The quantitative estimate of drug-likeness (QED) is 0.361. The molecule has 0 heterocycles. The van der Waals surface area contributed by atoms with Gasteiger partial charge in [-0.05, 0) is 62.9 Å². The summed E-state index contributed by atoms with van der Waals surface area (Å²) in [7, 11) is -4.07. The Morgan fingerprint density at radius 2 is 1.57 bits per heavy atom. The van der Waals surface area contributed by atoms with Gasteiger partial charge in [0.2, 0.25) is 11.8 Å². The molecule has 0 radical (unpaired) electrons. The molecule has 1 atom stereocenters. The monoisotopic (exact) mass is 561 g/mol. The van der Waals surface area contributed by atoms with Gasteiger partial charge in [0, 0.05) is 12.6 Å². The van der Waals surface area contributed by atoms with Gasteiger partial charge >= 0.3 is 0 Å². The molecule has 1 saturated carbocycles. The molecule has 1 fully saturated rings. The number of nitrogens with zero attached hydrogens (tertiary/aromatic N) is 2. The number of amides is 2. The van der Waals surface area contributed by atoms with Gasteiger partial charge in [0.05, 0.1) is 10.6 Å². The zero-order valence-corrected chi connectivity index (χ0v) is 24.4. The van der Waals surface area contributed by atoms with Crippen molar-refractivity contribution in [1.82, 2.24) is 10.2 Å². The summed E-state index contributed by atoms with van der Waals surface area (Å²) in [6.07, 6.45) is 5.19. The molecule has 1 aliphatic rings. The molecule has 8 heteroatoms. The zero-order chi connectivity index (χ0) is 28.7. The normalized spacial score (nSPS) is 14.8. The molecule has 40 heavy (non-hydrogen) atoms. The van der Waals surface area contributed by atoms with E-state index in [9.17, 15) is 18.0 Å². The lowest BCUT2D eigenvalue weighted by atomic mass is 9.95. The number of para-hydroxylation sites is 1. The third-order valence-electron chi connectivity index (χ3n) is 7.55. The fraction of sp³-hybridized carbons (Fsp3) is 0.375. The molecular weight excluding hydrogens is 522 g/mol. The maximum atomic E-state index is 14.1. The van der Waals surface area contributed by atoms with Crippen LogP contribution in [0.2, 0.25) is 0 Å². The molecule has 0 aliphatic heterocycles. The van der Waals surface area contributed by atoms with Crippen LogP contribution in [0.4, 0.5) is 5.69 Å². The molecule has 0 aromatic heterocycles. The maximum absolute atomic E-state index is 14.1. The van der Waals surface area contributed by atoms with Gasteiger partial charge in [-0.1, -0.05) is 85.5 Å². The number of hydrogen-bond acceptors (Lipinski definition) is 4. The fourth-order valence-corrected chi connectivity index (χ4v) is 6.73. The minimum Gasteiger partial charge on any atom is -0.352 e. The predicted molar refractivity (Wildman–Crippen MR) is 158 cm³/mol. The van der Waals surface area contributed by atoms with E-state index in [4.69, 9.17) is 0 Å². The number of nitrogens with one attached hydrogen (secondary N) is 1. The van der Waals surface area contributed by atoms with E-state index in [-0.39, 0.29) is 23.4 Å². The van der Waals surface area contributed by atoms with Gasteiger partial charge in [0.15, 0.2) is 0 Å². The van der Waals surface area contributed by atoms with Gasteiger partial charge in [-0.2, -0.15) is 0 Å². The molecule has 0 saturated heterocycles. The maximum Gasteiger partial charge on any atom is 0.264 e. The summed E-state index contributed by atoms with van der Waals surface area (Å²) < 4.78 is 28.9. The molecule has 4 rings (SSSR count). The van der Waals surface area contributed by atoms with E-state index in [1.165, 1.54) is 23.5 Å². The number of carbonyl (C=O) groups excluding carboxylic acids is 2. The van der Waals surface area contributed by atoms with E-state index in [0.717, 1.165) is 46.7 Å². The second-order valence-electron chi connectivity index (χ2n) is 10.6. The number of aryl methyl sites for hydroxylation is 2. The van der Waals surface area contributed by atoms with Gasteiger partial charge < -0.3 is 10.2 Å². The first-order valence-corrected chi connectivity index (χ1v) is 15.4. The second kappa shape index (κ2) is 13.1. The average molecular weight is 562 g/mol. The Morgan fingerprint density at radius 1 is 0.900 bits per heavy atom. The number of anilines is 1. The van der Waals surface area contributed by atoms with E-state index in [1.54, 1.807) is 37.3 Å². The van der Waals surface area contributed by atoms with Gasteiger partial charge in [-0.3, -0.25) is 13.9 Å². The van der Waals surface area contributed by atoms with Crippen LogP contribution < -0.4 is 9.62 Å². The first-order valence-electron chi connectivity index (χ1n) is 14.0. The van der Waals surface area contributed by atoms with Gasteiger partial charge in [-0.15, -0.1) is 0 Å². The van der Waals surface area contributed by atoms with Crippen LogP contribution in [0.25, 0.3) is 0 Å². The van der Waals surface area contributed by atoms with Crippen molar-refractivity contribution in [1.29, 1.82) is 0 Å². The lowest BCUT2D eigenvalue weighted by molar-refractivity contribution is -0.139. The standard InChI is InChI=1S/C32H39N3O4S/c1-24-13-12-15-27(21-24)22-34(26(3)32(37)33-28-16-6-4-7-17-28)31(36)23-35(30-20-11-10-14-25(30)2)40(38,39)29-18-8-5-9-19-29/h5,8-15,18-21,26,28H,4,6-7,16-17,22-23H2,1-3H3,(H,33,37)/t26-/m1/s1. The Morgan fingerprint density at radius 3 is 2.25 bits per heavy atom. The van der Waals surface area contributed by atoms with E-state index in [2.05, 4.69) is 5.32 Å². The van der Waals surface area contributed by atoms with Crippen molar-refractivity contribution in [2.24, 2.45) is 0 Å². The van der Waals surface area contributed by atoms with Gasteiger partial charge in [0.25, 0.3) is 10.0 Å². The summed E-state index contributed by atoms with van der Waals surface area (Å²) in [5.41, 5.74) is 3.06. The van der Waals surface area contributed by atoms with Crippen LogP contribution in [0.1, 0.15) is 55.7 Å². The third kappa shape index (κ3) is 7.10. The van der Waals surface area contributed by atoms with Crippen molar-refractivity contribution in [3.05, 3.63) is 95.6 Å². The molecule has 0 unspecified atom stereocenters. The lowest BCUT2D eigenvalue weighted by Gasteiger charge is -2.33. The first-order chi connectivity index (χ1) is 19.2. The van der Waals surface area contributed by atoms with E-state index in [0.29, 0.717) is 5.69 Å². The number of hydrogen-bond donors (Lipinski definition) is 1. The van der Waals surface area contributed by atoms with E-state index in [1.807, 2.05) is 50.2 Å². The number of carbonyl (C=O) groups is 2. The highest BCUT2D eigenvalue weighted by Crippen LogP contribution is 2.27. The highest BCUT2D eigenvalue weighted by molar-refractivity contribution is 7.92. The van der Waals surface area contributed by atoms with E-state index < -0.39 is 28.5 Å². The van der Waals surface area contributed by atoms with Crippen LogP contribution in [0.15, 0.2) is 83.8 Å². The van der Waals surface area contributed by atoms with Crippen molar-refractivity contribution in [2.45, 2.75) is 76.4 Å². The Balaban J connectivity index is 1.68. The lowest BCUT2D eigenvalue weighted by Crippen LogP contribution is -2.53. The highest BCUT2D eigenvalue weighted by atomic mass is 32.2. The summed E-state index contributed by atoms with van der Waals surface area (Å²) in [6, 6.07) is 22.3. The number of rotatable bonds is 10. The van der Waals surface area contributed by atoms with Crippen molar-refractivity contribution < 1.29 is 18.0 Å². The molecule has 1 aliphatic carbocycles. The number of sulfonamides is 1. The third-order valence-corrected chi connectivity index (χ3v) is 9.32. The van der Waals surface area contributed by atoms with Crippen LogP contribution in [-0.4, -0.2) is 43.8 Å². The Labute approximate surface area is 238 Å². The van der Waals surface area contributed by atoms with Gasteiger partial charge in [-0.25, -0.2) is 8.42 Å². The molecule has 3 aromatic carbocycles. The molecule has 1 N–H and O–H groups in total. The Hall–Kier alpha value is -3.65. The molecule has 0 spiro atoms. The molecule has 2 amide bonds. The fourth-order valence-electron chi connectivity index (χ4n) is 5.23. The SMILES string of the molecule is Cc1cccc(CN(C(=O)CN(c2ccccc2C)S(=O)(=O)c2ccccc2)[C@H](C)C(=O)NC2CCCCC2)c1. The number of benzene rings is 3. The minimum absolute atomic E-state index is 0.0966. The molecule has 3 aromatic rings. The second-order valence-corrected chi connectivity index (χ2v) is 12.5. The molecular formula is C32H39N3O4S. The topological polar surface area (TPSA) is 86.8 Å².